The van der Waals surface area contributed by atoms with E-state index < -0.39 is 43.5 Å². The van der Waals surface area contributed by atoms with E-state index in [1.165, 1.54) is 0 Å². The third kappa shape index (κ3) is 18.7. The molecule has 6 aromatic rings. The Bertz CT molecular complexity index is 2740. The van der Waals surface area contributed by atoms with Crippen LogP contribution in [-0.2, 0) is 42.3 Å². The fraction of sp³-hybridized carbons (Fsp3) is 0.458. The van der Waals surface area contributed by atoms with E-state index in [0.717, 1.165) is 0 Å². The average Bonchev–Trinajstić information content (AvgIpc) is 1.21. The van der Waals surface area contributed by atoms with E-state index >= 15 is 13.7 Å². The van der Waals surface area contributed by atoms with Crippen molar-refractivity contribution in [3.63, 3.8) is 0 Å². The van der Waals surface area contributed by atoms with Crippen LogP contribution in [0.2, 0.25) is 0 Å². The molecule has 87 heavy (non-hydrogen) atoms. The van der Waals surface area contributed by atoms with Crippen LogP contribution in [0.4, 0.5) is 0 Å². The summed E-state index contributed by atoms with van der Waals surface area (Å²) < 4.78 is 65.1. The van der Waals surface area contributed by atoms with Gasteiger partial charge in [0.1, 0.15) is 0 Å². The fourth-order valence-electron chi connectivity index (χ4n) is 11.0. The van der Waals surface area contributed by atoms with Gasteiger partial charge < -0.3 is 42.6 Å². The molecule has 6 rings (SSSR count). The monoisotopic (exact) mass is 1240 g/mol. The normalized spacial score (nSPS) is 12.6. The Morgan fingerprint density at radius 3 is 0.701 bits per heavy atom. The summed E-state index contributed by atoms with van der Waals surface area (Å²) in [6.07, 6.45) is 3.95. The van der Waals surface area contributed by atoms with E-state index in [-0.39, 0.29) is 36.2 Å². The van der Waals surface area contributed by atoms with Gasteiger partial charge in [-0.2, -0.15) is 0 Å². The van der Waals surface area contributed by atoms with Crippen molar-refractivity contribution in [3.05, 3.63) is 182 Å². The quantitative estimate of drug-likeness (QED) is 0.0275. The fourth-order valence-corrected chi connectivity index (χ4v) is 18.5. The van der Waals surface area contributed by atoms with Gasteiger partial charge in [-0.05, 0) is 86.5 Å². The number of carbonyl (C=O) groups excluding carboxylic acids is 3. The van der Waals surface area contributed by atoms with Gasteiger partial charge in [-0.1, -0.05) is 210 Å². The first-order valence-electron chi connectivity index (χ1n) is 31.3. The highest BCUT2D eigenvalue weighted by Gasteiger charge is 2.40. The average molecular weight is 1240 g/mol. The second-order valence-corrected chi connectivity index (χ2v) is 33.4. The van der Waals surface area contributed by atoms with Crippen molar-refractivity contribution in [1.29, 1.82) is 0 Å². The molecule has 0 saturated carbocycles. The highest BCUT2D eigenvalue weighted by Crippen LogP contribution is 2.46. The second kappa shape index (κ2) is 32.7. The summed E-state index contributed by atoms with van der Waals surface area (Å²) in [5.41, 5.74) is -2.15. The Hall–Kier alpha value is -5.70. The lowest BCUT2D eigenvalue weighted by Gasteiger charge is -2.39. The van der Waals surface area contributed by atoms with Gasteiger partial charge in [-0.25, -0.2) is 0 Å². The summed E-state index contributed by atoms with van der Waals surface area (Å²) in [7, 11) is -10.0. The van der Waals surface area contributed by atoms with E-state index in [2.05, 4.69) is 69.2 Å². The largest absolute Gasteiger partial charge is 0.381 e. The van der Waals surface area contributed by atoms with Gasteiger partial charge in [0.15, 0.2) is 21.4 Å². The molecule has 0 spiro atoms. The molecule has 0 unspecified atom stereocenters. The topological polar surface area (TPSA) is 140 Å². The number of benzene rings is 6. The lowest BCUT2D eigenvalue weighted by atomic mass is 9.88. The Morgan fingerprint density at radius 1 is 0.333 bits per heavy atom. The van der Waals surface area contributed by atoms with Crippen molar-refractivity contribution < 1.29 is 42.3 Å². The molecular weight excluding hydrogens is 1140 g/mol. The SMILES string of the molecule is CCC(COCCCN(C(=O)CP(=O)(c1ccccc1)c1ccccc1)C(C)(C)CC)(COCCCN(C(=O)CP(=O)(c1ccccc1)c1ccccc1)C(C)(C)CC)COCCCN(C(=O)CP(=O)(c1ccccc1)c1ccccc1)C(C)(C)CC. The molecule has 6 aromatic carbocycles. The first-order chi connectivity index (χ1) is 41.5. The van der Waals surface area contributed by atoms with Gasteiger partial charge in [-0.3, -0.25) is 14.4 Å². The third-order valence-electron chi connectivity index (χ3n) is 17.8. The van der Waals surface area contributed by atoms with Gasteiger partial charge in [-0.15, -0.1) is 0 Å². The number of amides is 3. The van der Waals surface area contributed by atoms with Crippen LogP contribution < -0.4 is 31.8 Å². The molecule has 0 aliphatic heterocycles. The van der Waals surface area contributed by atoms with Crippen LogP contribution in [0, 0.1) is 5.41 Å². The molecule has 0 radical (unpaired) electrons. The van der Waals surface area contributed by atoms with E-state index in [9.17, 15) is 14.4 Å². The molecule has 12 nitrogen and oxygen atoms in total. The predicted molar refractivity (Wildman–Crippen MR) is 361 cm³/mol. The summed E-state index contributed by atoms with van der Waals surface area (Å²) in [5, 5.41) is 3.90. The van der Waals surface area contributed by atoms with Crippen LogP contribution in [0.5, 0.6) is 0 Å². The molecule has 15 heteroatoms. The van der Waals surface area contributed by atoms with Crippen LogP contribution in [0.15, 0.2) is 182 Å². The highest BCUT2D eigenvalue weighted by molar-refractivity contribution is 7.80. The van der Waals surface area contributed by atoms with Crippen LogP contribution >= 0.6 is 21.4 Å². The summed E-state index contributed by atoms with van der Waals surface area (Å²) in [6, 6.07) is 55.9. The predicted octanol–water partition coefficient (Wildman–Crippen LogP) is 12.7. The minimum atomic E-state index is -3.33. The lowest BCUT2D eigenvalue weighted by molar-refractivity contribution is -0.135. The van der Waals surface area contributed by atoms with Crippen molar-refractivity contribution in [3.8, 4) is 0 Å². The number of carbonyl (C=O) groups is 3. The van der Waals surface area contributed by atoms with Crippen LogP contribution in [-0.4, -0.2) is 127 Å². The molecule has 0 atom stereocenters. The van der Waals surface area contributed by atoms with E-state index in [4.69, 9.17) is 14.2 Å². The Kier molecular flexibility index (Phi) is 26.4. The first-order valence-corrected chi connectivity index (χ1v) is 37.0. The Labute approximate surface area is 521 Å². The van der Waals surface area contributed by atoms with Gasteiger partial charge >= 0.3 is 0 Å². The van der Waals surface area contributed by atoms with E-state index in [1.54, 1.807) is 0 Å². The third-order valence-corrected chi connectivity index (χ3v) is 26.7. The zero-order chi connectivity index (χ0) is 63.2. The molecule has 3 amide bonds. The lowest BCUT2D eigenvalue weighted by Crippen LogP contribution is -2.50. The number of rotatable bonds is 37. The van der Waals surface area contributed by atoms with Gasteiger partial charge in [0.05, 0.1) is 38.3 Å². The molecule has 0 bridgehead atoms. The van der Waals surface area contributed by atoms with Crippen LogP contribution in [0.25, 0.3) is 0 Å². The number of hydrogen-bond donors (Lipinski definition) is 0. The standard InChI is InChI=1S/C72H98N3O9P3/c1-11-69(5,6)73(66(76)54-85(79,60-36-21-15-22-37-60)61-38-23-16-24-39-61)48-33-51-82-57-72(14-4,58-83-52-34-49-74(70(7,8)12-2)67(77)55-86(80,62-40-25-17-26-41-62)63-42-27-18-28-43-63)59-84-53-35-50-75(71(9,10)13-3)68(78)56-87(81,64-44-29-19-30-45-64)65-46-31-20-32-47-65/h15-32,36-47H,11-14,33-35,48-59H2,1-10H3. The Morgan fingerprint density at radius 2 is 0.529 bits per heavy atom. The second-order valence-electron chi connectivity index (χ2n) is 24.9. The maximum Gasteiger partial charge on any atom is 0.231 e. The minimum absolute atomic E-state index is 0.132. The van der Waals surface area contributed by atoms with Crippen molar-refractivity contribution >= 4 is 71.0 Å². The molecular formula is C72H98N3O9P3. The van der Waals surface area contributed by atoms with Gasteiger partial charge in [0.2, 0.25) is 17.7 Å². The smallest absolute Gasteiger partial charge is 0.231 e. The van der Waals surface area contributed by atoms with Crippen LogP contribution in [0.1, 0.15) is 114 Å². The minimum Gasteiger partial charge on any atom is -0.381 e. The molecule has 0 aliphatic rings. The van der Waals surface area contributed by atoms with Crippen molar-refractivity contribution in [2.45, 2.75) is 131 Å². The first kappa shape index (κ1) is 70.4. The summed E-state index contributed by atoms with van der Waals surface area (Å²) in [6.45, 7) is 23.8. The molecule has 0 aliphatic carbocycles. The molecule has 470 valence electrons. The maximum atomic E-state index is 15.1. The van der Waals surface area contributed by atoms with Gasteiger partial charge in [0.25, 0.3) is 0 Å². The number of nitrogens with zero attached hydrogens (tertiary/aromatic N) is 3. The Balaban J connectivity index is 1.16. The summed E-state index contributed by atoms with van der Waals surface area (Å²) in [5.74, 6) is -0.512. The zero-order valence-electron chi connectivity index (χ0n) is 53.6. The molecule has 0 saturated heterocycles. The van der Waals surface area contributed by atoms with E-state index in [1.807, 2.05) is 197 Å². The molecule has 0 aromatic heterocycles. The number of hydrogen-bond acceptors (Lipinski definition) is 9. The summed E-state index contributed by atoms with van der Waals surface area (Å²) >= 11 is 0. The van der Waals surface area contributed by atoms with Crippen LogP contribution in [0.3, 0.4) is 0 Å². The van der Waals surface area contributed by atoms with E-state index in [0.29, 0.717) is 136 Å². The molecule has 0 heterocycles. The van der Waals surface area contributed by atoms with Crippen molar-refractivity contribution in [1.82, 2.24) is 14.7 Å². The maximum absolute atomic E-state index is 15.1. The zero-order valence-corrected chi connectivity index (χ0v) is 56.3. The summed E-state index contributed by atoms with van der Waals surface area (Å²) in [4.78, 5) is 49.4. The van der Waals surface area contributed by atoms with Gasteiger partial charge in [0, 0.05) is 93.3 Å². The number of ether oxygens (including phenoxy) is 3. The van der Waals surface area contributed by atoms with Crippen molar-refractivity contribution in [2.24, 2.45) is 5.41 Å². The highest BCUT2D eigenvalue weighted by atomic mass is 31.2. The van der Waals surface area contributed by atoms with Crippen molar-refractivity contribution in [2.75, 3.05) is 77.8 Å². The molecule has 0 N–H and O–H groups in total. The molecule has 0 fully saturated rings.